The van der Waals surface area contributed by atoms with Crippen LogP contribution in [-0.2, 0) is 17.1 Å². The van der Waals surface area contributed by atoms with E-state index in [2.05, 4.69) is 121 Å². The Morgan fingerprint density at radius 3 is 0.742 bits per heavy atom. The normalized spacial score (nSPS) is 10.0. The first-order chi connectivity index (χ1) is 13.9. The molecule has 0 nitrogen and oxygen atoms in total. The van der Waals surface area contributed by atoms with E-state index in [4.69, 9.17) is 0 Å². The summed E-state index contributed by atoms with van der Waals surface area (Å²) in [6, 6.07) is 44.2. The average Bonchev–Trinajstić information content (AvgIpc) is 2.79. The van der Waals surface area contributed by atoms with Gasteiger partial charge in [0, 0.05) is 17.1 Å². The molecule has 4 aromatic rings. The zero-order valence-electron chi connectivity index (χ0n) is 17.0. The van der Waals surface area contributed by atoms with Crippen LogP contribution < -0.4 is 21.2 Å². The quantitative estimate of drug-likeness (QED) is 0.202. The Balaban J connectivity index is 0.00000160. The zero-order chi connectivity index (χ0) is 19.0. The Labute approximate surface area is 211 Å². The molecule has 0 amide bonds. The third-order valence-corrected chi connectivity index (χ3v) is 10.2. The molecule has 0 aliphatic carbocycles. The van der Waals surface area contributed by atoms with E-state index in [1.807, 2.05) is 0 Å². The summed E-state index contributed by atoms with van der Waals surface area (Å²) >= 11 is 0. The number of benzene rings is 4. The summed E-state index contributed by atoms with van der Waals surface area (Å²) in [7, 11) is -0.696. The van der Waals surface area contributed by atoms with Crippen LogP contribution >= 0.6 is 40.7 Å². The molecule has 31 heavy (non-hydrogen) atoms. The van der Waals surface area contributed by atoms with Crippen molar-refractivity contribution in [3.63, 3.8) is 0 Å². The predicted molar refractivity (Wildman–Crippen MR) is 142 cm³/mol. The van der Waals surface area contributed by atoms with Gasteiger partial charge in [-0.05, 0) is 49.4 Å². The Morgan fingerprint density at radius 1 is 0.355 bits per heavy atom. The molecular formula is C26H26Cl2FeP2. The van der Waals surface area contributed by atoms with Crippen LogP contribution in [0.15, 0.2) is 121 Å². The zero-order valence-corrected chi connectivity index (χ0v) is 21.6. The topological polar surface area (TPSA) is 0 Å². The van der Waals surface area contributed by atoms with Crippen molar-refractivity contribution < 1.29 is 17.1 Å². The molecule has 5 heteroatoms. The van der Waals surface area contributed by atoms with Gasteiger partial charge in [0.05, 0.1) is 0 Å². The van der Waals surface area contributed by atoms with Crippen LogP contribution in [-0.4, -0.2) is 12.3 Å². The molecule has 4 aromatic carbocycles. The molecule has 0 unspecified atom stereocenters. The molecule has 0 spiro atoms. The van der Waals surface area contributed by atoms with Gasteiger partial charge in [0.25, 0.3) is 0 Å². The minimum absolute atomic E-state index is 0. The number of hydrogen-bond acceptors (Lipinski definition) is 0. The van der Waals surface area contributed by atoms with Gasteiger partial charge in [0.2, 0.25) is 0 Å². The molecule has 0 saturated heterocycles. The summed E-state index contributed by atoms with van der Waals surface area (Å²) in [4.78, 5) is 0. The predicted octanol–water partition coefficient (Wildman–Crippen LogP) is 6.09. The van der Waals surface area contributed by atoms with Crippen LogP contribution in [0.4, 0.5) is 0 Å². The third-order valence-electron chi connectivity index (χ3n) is 4.82. The first kappa shape index (κ1) is 27.9. The van der Waals surface area contributed by atoms with Crippen molar-refractivity contribution in [3.05, 3.63) is 121 Å². The summed E-state index contributed by atoms with van der Waals surface area (Å²) in [5.74, 6) is 0. The van der Waals surface area contributed by atoms with E-state index in [9.17, 15) is 0 Å². The maximum Gasteiger partial charge on any atom is 0 e. The molecule has 162 valence electrons. The summed E-state index contributed by atoms with van der Waals surface area (Å²) in [6.45, 7) is 0. The van der Waals surface area contributed by atoms with Crippen LogP contribution in [0, 0.1) is 0 Å². The molecular weight excluding hydrogens is 501 g/mol. The molecule has 4 rings (SSSR count). The van der Waals surface area contributed by atoms with E-state index >= 15 is 0 Å². The summed E-state index contributed by atoms with van der Waals surface area (Å²) < 4.78 is 0. The Kier molecular flexibility index (Phi) is 13.3. The summed E-state index contributed by atoms with van der Waals surface area (Å²) in [5, 5.41) is 5.89. The maximum atomic E-state index is 2.30. The fourth-order valence-electron chi connectivity index (χ4n) is 3.45. The average molecular weight is 527 g/mol. The van der Waals surface area contributed by atoms with Gasteiger partial charge in [0.1, 0.15) is 0 Å². The summed E-state index contributed by atoms with van der Waals surface area (Å²) in [6.07, 6.45) is 2.41. The largest absolute Gasteiger partial charge is 0.147 e. The van der Waals surface area contributed by atoms with Gasteiger partial charge in [-0.15, -0.1) is 24.8 Å². The molecule has 0 heterocycles. The fraction of sp³-hybridized carbons (Fsp3) is 0.0769. The van der Waals surface area contributed by atoms with E-state index in [-0.39, 0.29) is 57.7 Å². The molecule has 0 atom stereocenters. The number of halogens is 2. The Morgan fingerprint density at radius 2 is 0.548 bits per heavy atom. The van der Waals surface area contributed by atoms with Crippen molar-refractivity contribution >= 4 is 61.9 Å². The van der Waals surface area contributed by atoms with Crippen molar-refractivity contribution in [2.24, 2.45) is 0 Å². The molecule has 0 N–H and O–H groups in total. The van der Waals surface area contributed by atoms with Gasteiger partial charge >= 0.3 is 0 Å². The van der Waals surface area contributed by atoms with Crippen LogP contribution in [0.1, 0.15) is 0 Å². The molecule has 0 aliphatic rings. The SMILES string of the molecule is Cl.Cl.[Fe].c1ccc(P(CCP(c2ccccc2)c2ccccc2)c2ccccc2)cc1. The van der Waals surface area contributed by atoms with E-state index in [1.165, 1.54) is 33.5 Å². The van der Waals surface area contributed by atoms with Gasteiger partial charge in [-0.25, -0.2) is 0 Å². The third kappa shape index (κ3) is 7.73. The van der Waals surface area contributed by atoms with Gasteiger partial charge in [-0.2, -0.15) is 0 Å². The van der Waals surface area contributed by atoms with Crippen molar-refractivity contribution in [2.45, 2.75) is 0 Å². The van der Waals surface area contributed by atoms with E-state index in [0.29, 0.717) is 0 Å². The van der Waals surface area contributed by atoms with Crippen LogP contribution in [0.5, 0.6) is 0 Å². The van der Waals surface area contributed by atoms with Crippen LogP contribution in [0.2, 0.25) is 0 Å². The monoisotopic (exact) mass is 526 g/mol. The van der Waals surface area contributed by atoms with Gasteiger partial charge in [-0.3, -0.25) is 0 Å². The second-order valence-electron chi connectivity index (χ2n) is 6.65. The molecule has 0 aromatic heterocycles. The van der Waals surface area contributed by atoms with Gasteiger partial charge in [-0.1, -0.05) is 121 Å². The number of rotatable bonds is 7. The van der Waals surface area contributed by atoms with E-state index < -0.39 is 0 Å². The second-order valence-corrected chi connectivity index (χ2v) is 11.3. The Bertz CT molecular complexity index is 809. The van der Waals surface area contributed by atoms with Crippen molar-refractivity contribution in [3.8, 4) is 0 Å². The summed E-state index contributed by atoms with van der Waals surface area (Å²) in [5.41, 5.74) is 0. The fourth-order valence-corrected chi connectivity index (χ4v) is 8.80. The van der Waals surface area contributed by atoms with Crippen molar-refractivity contribution in [1.29, 1.82) is 0 Å². The smallest absolute Gasteiger partial charge is 0 e. The van der Waals surface area contributed by atoms with E-state index in [0.717, 1.165) is 0 Å². The first-order valence-electron chi connectivity index (χ1n) is 9.67. The van der Waals surface area contributed by atoms with Crippen molar-refractivity contribution in [1.82, 2.24) is 0 Å². The minimum Gasteiger partial charge on any atom is -0.147 e. The minimum atomic E-state index is -0.348. The standard InChI is InChI=1S/C26H24P2.2ClH.Fe/c1-5-13-23(14-6-1)27(24-15-7-2-8-16-24)21-22-28(25-17-9-3-10-18-25)26-19-11-4-12-20-26;;;/h1-20H,21-22H2;2*1H;. The van der Waals surface area contributed by atoms with Crippen LogP contribution in [0.3, 0.4) is 0 Å². The van der Waals surface area contributed by atoms with Crippen molar-refractivity contribution in [2.75, 3.05) is 12.3 Å². The molecule has 0 radical (unpaired) electrons. The molecule has 0 aliphatic heterocycles. The van der Waals surface area contributed by atoms with Crippen LogP contribution in [0.25, 0.3) is 0 Å². The number of hydrogen-bond donors (Lipinski definition) is 0. The molecule has 0 fully saturated rings. The first-order valence-corrected chi connectivity index (χ1v) is 12.7. The Hall–Kier alpha value is -1.16. The maximum absolute atomic E-state index is 2.30. The second kappa shape index (κ2) is 14.8. The van der Waals surface area contributed by atoms with E-state index in [1.54, 1.807) is 0 Å². The molecule has 0 bridgehead atoms. The molecule has 0 saturated carbocycles. The van der Waals surface area contributed by atoms with Gasteiger partial charge < -0.3 is 0 Å². The van der Waals surface area contributed by atoms with Gasteiger partial charge in [0.15, 0.2) is 0 Å².